The fourth-order valence-electron chi connectivity index (χ4n) is 2.52. The third kappa shape index (κ3) is 5.31. The number of amides is 1. The van der Waals surface area contributed by atoms with Gasteiger partial charge in [0.2, 0.25) is 0 Å². The number of nitrogens with zero attached hydrogens (tertiary/aromatic N) is 1. The molecular weight excluding hydrogens is 338 g/mol. The van der Waals surface area contributed by atoms with Crippen molar-refractivity contribution >= 4 is 23.0 Å². The van der Waals surface area contributed by atoms with E-state index in [9.17, 15) is 4.79 Å². The smallest absolute Gasteiger partial charge is 0.274 e. The summed E-state index contributed by atoms with van der Waals surface area (Å²) in [6, 6.07) is 18.9. The molecule has 0 aliphatic heterocycles. The summed E-state index contributed by atoms with van der Waals surface area (Å²) in [5, 5.41) is 6.13. The summed E-state index contributed by atoms with van der Waals surface area (Å²) in [5.41, 5.74) is 3.99. The molecule has 138 valence electrons. The van der Waals surface area contributed by atoms with E-state index in [0.717, 1.165) is 17.1 Å². The monoisotopic (exact) mass is 361 g/mol. The summed E-state index contributed by atoms with van der Waals surface area (Å²) < 4.78 is 5.61. The van der Waals surface area contributed by atoms with Crippen LogP contribution in [0, 0.1) is 6.92 Å². The maximum absolute atomic E-state index is 12.5. The summed E-state index contributed by atoms with van der Waals surface area (Å²) in [7, 11) is 0. The Morgan fingerprint density at radius 1 is 0.926 bits per heavy atom. The van der Waals surface area contributed by atoms with Gasteiger partial charge in [-0.3, -0.25) is 9.78 Å². The molecule has 0 aliphatic carbocycles. The van der Waals surface area contributed by atoms with Gasteiger partial charge < -0.3 is 15.4 Å². The Labute approximate surface area is 159 Å². The lowest BCUT2D eigenvalue weighted by molar-refractivity contribution is 0.102. The Morgan fingerprint density at radius 3 is 2.26 bits per heavy atom. The van der Waals surface area contributed by atoms with Gasteiger partial charge in [-0.1, -0.05) is 17.7 Å². The number of hydrogen-bond donors (Lipinski definition) is 2. The first-order chi connectivity index (χ1) is 13.0. The van der Waals surface area contributed by atoms with E-state index in [1.165, 1.54) is 5.56 Å². The van der Waals surface area contributed by atoms with Crippen molar-refractivity contribution in [2.75, 3.05) is 10.6 Å². The number of nitrogens with one attached hydrogen (secondary N) is 2. The predicted octanol–water partition coefficient (Wildman–Crippen LogP) is 5.17. The molecule has 0 aliphatic rings. The molecule has 3 rings (SSSR count). The van der Waals surface area contributed by atoms with Crippen LogP contribution in [-0.2, 0) is 0 Å². The third-order valence-electron chi connectivity index (χ3n) is 3.82. The number of pyridine rings is 1. The fourth-order valence-corrected chi connectivity index (χ4v) is 2.52. The first kappa shape index (κ1) is 18.5. The quantitative estimate of drug-likeness (QED) is 0.635. The minimum absolute atomic E-state index is 0.110. The number of rotatable bonds is 6. The first-order valence-electron chi connectivity index (χ1n) is 8.87. The van der Waals surface area contributed by atoms with Gasteiger partial charge in [0.25, 0.3) is 5.91 Å². The molecular formula is C22H23N3O2. The van der Waals surface area contributed by atoms with E-state index in [-0.39, 0.29) is 12.0 Å². The van der Waals surface area contributed by atoms with Gasteiger partial charge in [0, 0.05) is 23.3 Å². The van der Waals surface area contributed by atoms with E-state index >= 15 is 0 Å². The molecule has 2 aromatic carbocycles. The van der Waals surface area contributed by atoms with Gasteiger partial charge >= 0.3 is 0 Å². The van der Waals surface area contributed by atoms with Crippen LogP contribution in [0.1, 0.15) is 29.9 Å². The Balaban J connectivity index is 1.67. The number of carbonyl (C=O) groups excluding carboxylic acids is 1. The zero-order valence-corrected chi connectivity index (χ0v) is 15.7. The normalized spacial score (nSPS) is 10.5. The highest BCUT2D eigenvalue weighted by molar-refractivity contribution is 6.03. The van der Waals surface area contributed by atoms with Gasteiger partial charge in [0.05, 0.1) is 6.10 Å². The predicted molar refractivity (Wildman–Crippen MR) is 109 cm³/mol. The molecule has 2 N–H and O–H groups in total. The summed E-state index contributed by atoms with van der Waals surface area (Å²) in [5.74, 6) is 0.505. The minimum Gasteiger partial charge on any atom is -0.491 e. The van der Waals surface area contributed by atoms with Crippen LogP contribution in [0.5, 0.6) is 5.75 Å². The number of aromatic nitrogens is 1. The molecule has 1 aromatic heterocycles. The molecule has 0 unspecified atom stereocenters. The maximum atomic E-state index is 12.5. The van der Waals surface area contributed by atoms with Crippen LogP contribution in [0.2, 0.25) is 0 Å². The zero-order valence-electron chi connectivity index (χ0n) is 15.7. The second kappa shape index (κ2) is 8.36. The average Bonchev–Trinajstić information content (AvgIpc) is 2.65. The third-order valence-corrected chi connectivity index (χ3v) is 3.82. The van der Waals surface area contributed by atoms with Crippen molar-refractivity contribution in [3.63, 3.8) is 0 Å². The highest BCUT2D eigenvalue weighted by Gasteiger charge is 2.09. The van der Waals surface area contributed by atoms with Crippen molar-refractivity contribution in [2.45, 2.75) is 26.9 Å². The van der Waals surface area contributed by atoms with Crippen LogP contribution in [0.4, 0.5) is 17.1 Å². The fraction of sp³-hybridized carbons (Fsp3) is 0.182. The molecule has 3 aromatic rings. The van der Waals surface area contributed by atoms with E-state index in [4.69, 9.17) is 4.74 Å². The van der Waals surface area contributed by atoms with E-state index in [0.29, 0.717) is 11.4 Å². The number of aryl methyl sites for hydroxylation is 1. The standard InChI is InChI=1S/C22H23N3O2/c1-15(2)27-20-10-8-18(9-11-20)25-22(26)21-14-19(12-13-23-21)24-17-6-4-16(3)5-7-17/h4-15H,1-3H3,(H,23,24)(H,25,26). The van der Waals surface area contributed by atoms with E-state index in [1.54, 1.807) is 12.3 Å². The molecule has 5 nitrogen and oxygen atoms in total. The summed E-state index contributed by atoms with van der Waals surface area (Å²) in [6.45, 7) is 5.98. The first-order valence-corrected chi connectivity index (χ1v) is 8.87. The Morgan fingerprint density at radius 2 is 1.59 bits per heavy atom. The van der Waals surface area contributed by atoms with Gasteiger partial charge in [-0.05, 0) is 69.3 Å². The molecule has 27 heavy (non-hydrogen) atoms. The zero-order chi connectivity index (χ0) is 19.2. The second-order valence-corrected chi connectivity index (χ2v) is 6.57. The van der Waals surface area contributed by atoms with Crippen LogP contribution < -0.4 is 15.4 Å². The van der Waals surface area contributed by atoms with E-state index in [1.807, 2.05) is 75.4 Å². The second-order valence-electron chi connectivity index (χ2n) is 6.57. The lowest BCUT2D eigenvalue weighted by atomic mass is 10.2. The van der Waals surface area contributed by atoms with Crippen molar-refractivity contribution in [1.82, 2.24) is 4.98 Å². The molecule has 5 heteroatoms. The van der Waals surface area contributed by atoms with Crippen LogP contribution >= 0.6 is 0 Å². The molecule has 0 fully saturated rings. The molecule has 0 saturated carbocycles. The Kier molecular flexibility index (Phi) is 5.71. The van der Waals surface area contributed by atoms with Crippen molar-refractivity contribution in [1.29, 1.82) is 0 Å². The summed E-state index contributed by atoms with van der Waals surface area (Å²) >= 11 is 0. The number of benzene rings is 2. The molecule has 1 heterocycles. The van der Waals surface area contributed by atoms with Crippen LogP contribution in [0.25, 0.3) is 0 Å². The lowest BCUT2D eigenvalue weighted by Crippen LogP contribution is -2.14. The Bertz CT molecular complexity index is 904. The van der Waals surface area contributed by atoms with Gasteiger partial charge in [-0.15, -0.1) is 0 Å². The molecule has 1 amide bonds. The van der Waals surface area contributed by atoms with Crippen molar-refractivity contribution < 1.29 is 9.53 Å². The maximum Gasteiger partial charge on any atom is 0.274 e. The van der Waals surface area contributed by atoms with Gasteiger partial charge in [-0.25, -0.2) is 0 Å². The SMILES string of the molecule is Cc1ccc(Nc2ccnc(C(=O)Nc3ccc(OC(C)C)cc3)c2)cc1. The van der Waals surface area contributed by atoms with E-state index < -0.39 is 0 Å². The van der Waals surface area contributed by atoms with Crippen LogP contribution in [-0.4, -0.2) is 17.0 Å². The Hall–Kier alpha value is -3.34. The largest absolute Gasteiger partial charge is 0.491 e. The van der Waals surface area contributed by atoms with Crippen molar-refractivity contribution in [2.24, 2.45) is 0 Å². The highest BCUT2D eigenvalue weighted by Crippen LogP contribution is 2.19. The molecule has 0 radical (unpaired) electrons. The minimum atomic E-state index is -0.264. The molecule has 0 bridgehead atoms. The van der Waals surface area contributed by atoms with Crippen molar-refractivity contribution in [3.8, 4) is 5.75 Å². The van der Waals surface area contributed by atoms with Crippen LogP contribution in [0.3, 0.4) is 0 Å². The van der Waals surface area contributed by atoms with Gasteiger partial charge in [-0.2, -0.15) is 0 Å². The molecule has 0 atom stereocenters. The number of anilines is 3. The molecule has 0 spiro atoms. The molecule has 0 saturated heterocycles. The van der Waals surface area contributed by atoms with Gasteiger partial charge in [0.1, 0.15) is 11.4 Å². The summed E-state index contributed by atoms with van der Waals surface area (Å²) in [6.07, 6.45) is 1.73. The average molecular weight is 361 g/mol. The highest BCUT2D eigenvalue weighted by atomic mass is 16.5. The van der Waals surface area contributed by atoms with Crippen LogP contribution in [0.15, 0.2) is 66.9 Å². The number of hydrogen-bond acceptors (Lipinski definition) is 4. The number of carbonyl (C=O) groups is 1. The van der Waals surface area contributed by atoms with Crippen molar-refractivity contribution in [3.05, 3.63) is 78.1 Å². The summed E-state index contributed by atoms with van der Waals surface area (Å²) in [4.78, 5) is 16.7. The van der Waals surface area contributed by atoms with Gasteiger partial charge in [0.15, 0.2) is 0 Å². The van der Waals surface area contributed by atoms with E-state index in [2.05, 4.69) is 15.6 Å². The lowest BCUT2D eigenvalue weighted by Gasteiger charge is -2.11. The number of ether oxygens (including phenoxy) is 1. The topological polar surface area (TPSA) is 63.2 Å².